The Labute approximate surface area is 169 Å². The second-order valence-electron chi connectivity index (χ2n) is 7.11. The Morgan fingerprint density at radius 3 is 2.79 bits per heavy atom. The summed E-state index contributed by atoms with van der Waals surface area (Å²) in [5, 5.41) is 4.19. The molecule has 3 aromatic rings. The van der Waals surface area contributed by atoms with E-state index in [4.69, 9.17) is 4.98 Å². The van der Waals surface area contributed by atoms with E-state index in [1.54, 1.807) is 17.6 Å². The van der Waals surface area contributed by atoms with Crippen LogP contribution in [-0.2, 0) is 11.2 Å². The number of nitrogens with one attached hydrogen (secondary N) is 1. The maximum absolute atomic E-state index is 12.6. The van der Waals surface area contributed by atoms with E-state index in [0.29, 0.717) is 5.92 Å². The molecule has 0 spiro atoms. The second-order valence-corrected chi connectivity index (χ2v) is 8.23. The molecule has 0 bridgehead atoms. The fourth-order valence-corrected chi connectivity index (χ4v) is 4.35. The summed E-state index contributed by atoms with van der Waals surface area (Å²) in [6.07, 6.45) is 5.81. The summed E-state index contributed by atoms with van der Waals surface area (Å²) in [7, 11) is 0. The third-order valence-corrected chi connectivity index (χ3v) is 6.11. The van der Waals surface area contributed by atoms with Crippen LogP contribution >= 0.6 is 11.3 Å². The molecule has 5 heteroatoms. The highest BCUT2D eigenvalue weighted by Crippen LogP contribution is 2.24. The lowest BCUT2D eigenvalue weighted by Gasteiger charge is -2.18. The molecule has 0 saturated carbocycles. The van der Waals surface area contributed by atoms with Crippen molar-refractivity contribution in [1.82, 2.24) is 10.3 Å². The van der Waals surface area contributed by atoms with Gasteiger partial charge in [-0.05, 0) is 43.4 Å². The SMILES string of the molecule is C[C@H](C(=O)NC1=CC(CCc2nc3ccccc3s2)CN=C1)c1ccccc1. The highest BCUT2D eigenvalue weighted by atomic mass is 32.1. The van der Waals surface area contributed by atoms with Crippen molar-refractivity contribution in [3.05, 3.63) is 76.9 Å². The van der Waals surface area contributed by atoms with E-state index in [-0.39, 0.29) is 11.8 Å². The molecular weight excluding hydrogens is 366 g/mol. The van der Waals surface area contributed by atoms with Gasteiger partial charge in [-0.3, -0.25) is 9.79 Å². The number of benzene rings is 2. The Hall–Kier alpha value is -2.79. The predicted octanol–water partition coefficient (Wildman–Crippen LogP) is 4.73. The molecule has 1 aliphatic rings. The molecule has 2 aromatic carbocycles. The lowest BCUT2D eigenvalue weighted by atomic mass is 9.98. The highest BCUT2D eigenvalue weighted by molar-refractivity contribution is 7.18. The molecule has 142 valence electrons. The summed E-state index contributed by atoms with van der Waals surface area (Å²) < 4.78 is 1.23. The van der Waals surface area contributed by atoms with Gasteiger partial charge < -0.3 is 5.32 Å². The van der Waals surface area contributed by atoms with E-state index >= 15 is 0 Å². The topological polar surface area (TPSA) is 54.4 Å². The molecule has 2 atom stereocenters. The molecular formula is C23H23N3OS. The first-order chi connectivity index (χ1) is 13.7. The molecule has 1 aromatic heterocycles. The van der Waals surface area contributed by atoms with Gasteiger partial charge in [-0.15, -0.1) is 11.3 Å². The number of para-hydroxylation sites is 1. The summed E-state index contributed by atoms with van der Waals surface area (Å²) >= 11 is 1.76. The van der Waals surface area contributed by atoms with Crippen molar-refractivity contribution in [3.63, 3.8) is 0 Å². The average Bonchev–Trinajstić information content (AvgIpc) is 3.16. The molecule has 4 nitrogen and oxygen atoms in total. The summed E-state index contributed by atoms with van der Waals surface area (Å²) in [6.45, 7) is 2.69. The highest BCUT2D eigenvalue weighted by Gasteiger charge is 2.18. The molecule has 1 amide bonds. The van der Waals surface area contributed by atoms with Gasteiger partial charge in [0.1, 0.15) is 0 Å². The Morgan fingerprint density at radius 1 is 1.18 bits per heavy atom. The van der Waals surface area contributed by atoms with Gasteiger partial charge in [-0.25, -0.2) is 4.98 Å². The maximum Gasteiger partial charge on any atom is 0.231 e. The number of carbonyl (C=O) groups excluding carboxylic acids is 1. The van der Waals surface area contributed by atoms with Crippen LogP contribution in [0, 0.1) is 5.92 Å². The molecule has 0 fully saturated rings. The van der Waals surface area contributed by atoms with Gasteiger partial charge in [-0.1, -0.05) is 48.5 Å². The van der Waals surface area contributed by atoms with Gasteiger partial charge >= 0.3 is 0 Å². The van der Waals surface area contributed by atoms with Crippen LogP contribution in [0.2, 0.25) is 0 Å². The quantitative estimate of drug-likeness (QED) is 0.662. The van der Waals surface area contributed by atoms with Crippen molar-refractivity contribution in [2.75, 3.05) is 6.54 Å². The molecule has 1 aliphatic heterocycles. The average molecular weight is 390 g/mol. The van der Waals surface area contributed by atoms with Gasteiger partial charge in [-0.2, -0.15) is 0 Å². The van der Waals surface area contributed by atoms with Crippen molar-refractivity contribution in [1.29, 1.82) is 0 Å². The molecule has 0 aliphatic carbocycles. The second kappa shape index (κ2) is 8.48. The van der Waals surface area contributed by atoms with Crippen LogP contribution in [0.3, 0.4) is 0 Å². The van der Waals surface area contributed by atoms with Crippen LogP contribution in [0.4, 0.5) is 0 Å². The Kier molecular flexibility index (Phi) is 5.63. The third kappa shape index (κ3) is 4.37. The maximum atomic E-state index is 12.6. The molecule has 28 heavy (non-hydrogen) atoms. The minimum absolute atomic E-state index is 0.00396. The smallest absolute Gasteiger partial charge is 0.231 e. The van der Waals surface area contributed by atoms with E-state index in [2.05, 4.69) is 28.5 Å². The number of carbonyl (C=O) groups is 1. The fraction of sp³-hybridized carbons (Fsp3) is 0.261. The number of aliphatic imine (C=N–C) groups is 1. The Bertz CT molecular complexity index is 990. The normalized spacial score (nSPS) is 17.3. The predicted molar refractivity (Wildman–Crippen MR) is 116 cm³/mol. The summed E-state index contributed by atoms with van der Waals surface area (Å²) in [5.74, 6) is 0.119. The van der Waals surface area contributed by atoms with Gasteiger partial charge in [0.25, 0.3) is 0 Å². The number of hydrogen-bond donors (Lipinski definition) is 1. The van der Waals surface area contributed by atoms with E-state index in [0.717, 1.165) is 41.2 Å². The standard InChI is InChI=1S/C23H23N3OS/c1-16(18-7-3-2-4-8-18)23(27)25-19-13-17(14-24-15-19)11-12-22-26-20-9-5-6-10-21(20)28-22/h2-10,13,15-17H,11-12,14H2,1H3,(H,25,27)/t16-,17?/m0/s1. The summed E-state index contributed by atoms with van der Waals surface area (Å²) in [5.41, 5.74) is 2.89. The molecule has 2 heterocycles. The monoisotopic (exact) mass is 389 g/mol. The number of fused-ring (bicyclic) bond motifs is 1. The van der Waals surface area contributed by atoms with Crippen molar-refractivity contribution < 1.29 is 4.79 Å². The molecule has 4 rings (SSSR count). The van der Waals surface area contributed by atoms with Crippen molar-refractivity contribution in [2.45, 2.75) is 25.7 Å². The van der Waals surface area contributed by atoms with Gasteiger partial charge in [0, 0.05) is 12.8 Å². The van der Waals surface area contributed by atoms with Crippen molar-refractivity contribution in [3.8, 4) is 0 Å². The van der Waals surface area contributed by atoms with E-state index < -0.39 is 0 Å². The van der Waals surface area contributed by atoms with Gasteiger partial charge in [0.05, 0.1) is 26.8 Å². The van der Waals surface area contributed by atoms with Gasteiger partial charge in [0.2, 0.25) is 5.91 Å². The number of aryl methyl sites for hydroxylation is 1. The Morgan fingerprint density at radius 2 is 1.96 bits per heavy atom. The molecule has 0 radical (unpaired) electrons. The Balaban J connectivity index is 1.36. The number of dihydropyridines is 1. The summed E-state index contributed by atoms with van der Waals surface area (Å²) in [6, 6.07) is 18.1. The largest absolute Gasteiger partial charge is 0.324 e. The van der Waals surface area contributed by atoms with Crippen molar-refractivity contribution >= 4 is 33.7 Å². The number of hydrogen-bond acceptors (Lipinski definition) is 4. The minimum atomic E-state index is -0.196. The van der Waals surface area contributed by atoms with Crippen LogP contribution in [0.25, 0.3) is 10.2 Å². The lowest BCUT2D eigenvalue weighted by Crippen LogP contribution is -2.30. The third-order valence-electron chi connectivity index (χ3n) is 5.01. The molecule has 0 saturated heterocycles. The van der Waals surface area contributed by atoms with E-state index in [1.807, 2.05) is 49.4 Å². The van der Waals surface area contributed by atoms with Crippen molar-refractivity contribution in [2.24, 2.45) is 10.9 Å². The zero-order chi connectivity index (χ0) is 19.3. The lowest BCUT2D eigenvalue weighted by molar-refractivity contribution is -0.121. The number of rotatable bonds is 6. The number of nitrogens with zero attached hydrogens (tertiary/aromatic N) is 2. The van der Waals surface area contributed by atoms with Crippen LogP contribution in [-0.4, -0.2) is 23.7 Å². The summed E-state index contributed by atoms with van der Waals surface area (Å²) in [4.78, 5) is 21.7. The van der Waals surface area contributed by atoms with Crippen LogP contribution in [0.5, 0.6) is 0 Å². The zero-order valence-electron chi connectivity index (χ0n) is 15.8. The zero-order valence-corrected chi connectivity index (χ0v) is 16.7. The van der Waals surface area contributed by atoms with Crippen LogP contribution < -0.4 is 5.32 Å². The van der Waals surface area contributed by atoms with Crippen LogP contribution in [0.15, 0.2) is 71.4 Å². The van der Waals surface area contributed by atoms with Crippen LogP contribution in [0.1, 0.15) is 29.8 Å². The molecule has 1 unspecified atom stereocenters. The fourth-order valence-electron chi connectivity index (χ4n) is 3.36. The first kappa shape index (κ1) is 18.6. The van der Waals surface area contributed by atoms with Gasteiger partial charge in [0.15, 0.2) is 0 Å². The first-order valence-electron chi connectivity index (χ1n) is 9.61. The number of allylic oxidation sites excluding steroid dienone is 1. The minimum Gasteiger partial charge on any atom is -0.324 e. The number of thiazole rings is 1. The molecule has 1 N–H and O–H groups in total. The van der Waals surface area contributed by atoms with E-state index in [1.165, 1.54) is 4.70 Å². The first-order valence-corrected chi connectivity index (χ1v) is 10.4. The van der Waals surface area contributed by atoms with E-state index in [9.17, 15) is 4.79 Å². The number of amides is 1. The number of aromatic nitrogens is 1.